The van der Waals surface area contributed by atoms with Crippen molar-refractivity contribution < 1.29 is 36.2 Å². The third kappa shape index (κ3) is 5.02. The van der Waals surface area contributed by atoms with Crippen molar-refractivity contribution in [1.82, 2.24) is 0 Å². The van der Waals surface area contributed by atoms with Crippen LogP contribution in [0.15, 0.2) is 63.2 Å². The summed E-state index contributed by atoms with van der Waals surface area (Å²) in [6.45, 7) is 0. The number of carbonyl (C=O) groups is 1. The molecule has 0 atom stereocenters. The van der Waals surface area contributed by atoms with Crippen LogP contribution in [0.2, 0.25) is 0 Å². The van der Waals surface area contributed by atoms with Crippen LogP contribution in [0, 0.1) is 11.6 Å². The molecule has 4 rings (SSSR count). The van der Waals surface area contributed by atoms with Crippen LogP contribution in [0.5, 0.6) is 17.2 Å². The molecular weight excluding hydrogens is 512 g/mol. The van der Waals surface area contributed by atoms with Gasteiger partial charge in [-0.15, -0.1) is 0 Å². The monoisotopic (exact) mass is 533 g/mol. The van der Waals surface area contributed by atoms with Gasteiger partial charge in [0.25, 0.3) is 5.91 Å². The second-order valence-corrected chi connectivity index (χ2v) is 10.7. The highest BCUT2D eigenvalue weighted by atomic mass is 32.2. The van der Waals surface area contributed by atoms with Crippen molar-refractivity contribution in [2.24, 2.45) is 0 Å². The van der Waals surface area contributed by atoms with Gasteiger partial charge in [-0.1, -0.05) is 17.8 Å². The highest BCUT2D eigenvalue weighted by Gasteiger charge is 2.26. The quantitative estimate of drug-likeness (QED) is 0.425. The van der Waals surface area contributed by atoms with Crippen LogP contribution in [0.4, 0.5) is 14.5 Å². The predicted octanol–water partition coefficient (Wildman–Crippen LogP) is 5.05. The van der Waals surface area contributed by atoms with Crippen LogP contribution in [-0.2, 0) is 20.4 Å². The minimum Gasteiger partial charge on any atom is -0.496 e. The number of fused-ring (bicyclic) bond motifs is 1. The van der Waals surface area contributed by atoms with E-state index in [9.17, 15) is 22.0 Å². The molecule has 1 N–H and O–H groups in total. The normalized spacial score (nSPS) is 14.2. The Kier molecular flexibility index (Phi) is 7.23. The maximum atomic E-state index is 14.0. The van der Waals surface area contributed by atoms with Crippen molar-refractivity contribution >= 4 is 39.3 Å². The number of methoxy groups -OCH3 is 3. The number of benzene rings is 3. The lowest BCUT2D eigenvalue weighted by atomic mass is 10.1. The number of thioether (sulfide) groups is 1. The molecule has 1 aliphatic heterocycles. The molecule has 1 aliphatic rings. The van der Waals surface area contributed by atoms with Crippen molar-refractivity contribution in [3.8, 4) is 17.2 Å². The minimum atomic E-state index is -4.10. The molecule has 11 heteroatoms. The molecule has 3 aromatic carbocycles. The van der Waals surface area contributed by atoms with Crippen molar-refractivity contribution in [1.29, 1.82) is 0 Å². The Hall–Kier alpha value is -3.57. The zero-order valence-corrected chi connectivity index (χ0v) is 21.1. The number of amides is 1. The van der Waals surface area contributed by atoms with Gasteiger partial charge in [0.15, 0.2) is 9.84 Å². The van der Waals surface area contributed by atoms with Crippen molar-refractivity contribution in [2.75, 3.05) is 26.6 Å². The molecule has 0 saturated carbocycles. The number of halogens is 2. The second-order valence-electron chi connectivity index (χ2n) is 7.63. The lowest BCUT2D eigenvalue weighted by Gasteiger charge is -2.20. The molecule has 0 fully saturated rings. The van der Waals surface area contributed by atoms with E-state index in [1.165, 1.54) is 39.5 Å². The van der Waals surface area contributed by atoms with Crippen molar-refractivity contribution in [2.45, 2.75) is 15.5 Å². The van der Waals surface area contributed by atoms with Gasteiger partial charge in [0.05, 0.1) is 48.1 Å². The average Bonchev–Trinajstić information content (AvgIpc) is 2.86. The van der Waals surface area contributed by atoms with Gasteiger partial charge >= 0.3 is 0 Å². The number of carbonyl (C=O) groups excluding carboxylic acids is 1. The fourth-order valence-electron chi connectivity index (χ4n) is 3.58. The van der Waals surface area contributed by atoms with E-state index < -0.39 is 38.7 Å². The van der Waals surface area contributed by atoms with Crippen molar-refractivity contribution in [3.63, 3.8) is 0 Å². The number of rotatable bonds is 7. The summed E-state index contributed by atoms with van der Waals surface area (Å²) < 4.78 is 69.8. The lowest BCUT2D eigenvalue weighted by molar-refractivity contribution is -0.112. The number of anilines is 1. The predicted molar refractivity (Wildman–Crippen MR) is 132 cm³/mol. The molecular formula is C25H21F2NO6S2. The number of nitrogens with one attached hydrogen (secondary N) is 1. The molecule has 0 aromatic heterocycles. The standard InChI is InChI=1S/C25H21F2NO6S2/c1-32-14-9-21(33-2)16(22(10-14)34-3)12-24-25(29)28-20-11-15(7-8-23(20)35-24)36(30,31)13-17-18(26)5-4-6-19(17)27/h4-12H,13H2,1-3H3,(H,28,29)/b24-12-. The minimum absolute atomic E-state index is 0.171. The maximum Gasteiger partial charge on any atom is 0.262 e. The Bertz CT molecular complexity index is 1440. The molecule has 0 spiro atoms. The summed E-state index contributed by atoms with van der Waals surface area (Å²) in [5.41, 5.74) is 0.250. The van der Waals surface area contributed by atoms with Gasteiger partial charge in [0, 0.05) is 22.6 Å². The summed E-state index contributed by atoms with van der Waals surface area (Å²) >= 11 is 1.13. The van der Waals surface area contributed by atoms with Gasteiger partial charge in [-0.05, 0) is 36.4 Å². The number of ether oxygens (including phenoxy) is 3. The summed E-state index contributed by atoms with van der Waals surface area (Å²) in [6.07, 6.45) is 1.60. The first-order valence-corrected chi connectivity index (χ1v) is 12.9. The fraction of sp³-hybridized carbons (Fsp3) is 0.160. The molecule has 0 saturated heterocycles. The summed E-state index contributed by atoms with van der Waals surface area (Å²) in [4.78, 5) is 13.6. The lowest BCUT2D eigenvalue weighted by Crippen LogP contribution is -2.18. The Morgan fingerprint density at radius 3 is 2.17 bits per heavy atom. The highest BCUT2D eigenvalue weighted by Crippen LogP contribution is 2.43. The molecule has 0 bridgehead atoms. The van der Waals surface area contributed by atoms with E-state index in [-0.39, 0.29) is 10.6 Å². The van der Waals surface area contributed by atoms with E-state index in [1.807, 2.05) is 0 Å². The fourth-order valence-corrected chi connectivity index (χ4v) is 5.89. The number of sulfone groups is 1. The molecule has 7 nitrogen and oxygen atoms in total. The molecule has 3 aromatic rings. The smallest absolute Gasteiger partial charge is 0.262 e. The van der Waals surface area contributed by atoms with Gasteiger partial charge in [-0.2, -0.15) is 0 Å². The SMILES string of the molecule is COc1cc(OC)c(/C=C2\Sc3ccc(S(=O)(=O)Cc4c(F)cccc4F)cc3NC2=O)c(OC)c1. The summed E-state index contributed by atoms with van der Waals surface area (Å²) in [5, 5.41) is 2.68. The maximum absolute atomic E-state index is 14.0. The first-order chi connectivity index (χ1) is 17.2. The number of hydrogen-bond donors (Lipinski definition) is 1. The first kappa shape index (κ1) is 25.5. The summed E-state index contributed by atoms with van der Waals surface area (Å²) in [5.74, 6) is -1.84. The van der Waals surface area contributed by atoms with Gasteiger partial charge in [-0.3, -0.25) is 4.79 Å². The Morgan fingerprint density at radius 2 is 1.58 bits per heavy atom. The zero-order valence-electron chi connectivity index (χ0n) is 19.4. The van der Waals surface area contributed by atoms with Crippen LogP contribution in [-0.4, -0.2) is 35.7 Å². The van der Waals surface area contributed by atoms with E-state index in [1.54, 1.807) is 18.2 Å². The van der Waals surface area contributed by atoms with Gasteiger partial charge in [0.2, 0.25) is 0 Å². The molecule has 1 amide bonds. The second kappa shape index (κ2) is 10.2. The van der Waals surface area contributed by atoms with E-state index >= 15 is 0 Å². The Balaban J connectivity index is 1.66. The molecule has 188 valence electrons. The van der Waals surface area contributed by atoms with Crippen LogP contribution >= 0.6 is 11.8 Å². The summed E-state index contributed by atoms with van der Waals surface area (Å²) in [6, 6.07) is 10.6. The third-order valence-corrected chi connectivity index (χ3v) is 8.17. The Morgan fingerprint density at radius 1 is 0.944 bits per heavy atom. The van der Waals surface area contributed by atoms with E-state index in [4.69, 9.17) is 14.2 Å². The molecule has 0 radical (unpaired) electrons. The van der Waals surface area contributed by atoms with Gasteiger partial charge in [-0.25, -0.2) is 17.2 Å². The largest absolute Gasteiger partial charge is 0.496 e. The number of hydrogen-bond acceptors (Lipinski definition) is 7. The van der Waals surface area contributed by atoms with E-state index in [2.05, 4.69) is 5.32 Å². The molecule has 0 aliphatic carbocycles. The zero-order chi connectivity index (χ0) is 26.0. The Labute approximate surface area is 211 Å². The van der Waals surface area contributed by atoms with Crippen molar-refractivity contribution in [3.05, 3.63) is 76.2 Å². The van der Waals surface area contributed by atoms with Crippen LogP contribution in [0.1, 0.15) is 11.1 Å². The van der Waals surface area contributed by atoms with E-state index in [0.717, 1.165) is 30.0 Å². The highest BCUT2D eigenvalue weighted by molar-refractivity contribution is 8.04. The van der Waals surface area contributed by atoms with E-state index in [0.29, 0.717) is 32.6 Å². The third-order valence-electron chi connectivity index (χ3n) is 5.43. The molecule has 1 heterocycles. The van der Waals surface area contributed by atoms with Gasteiger partial charge in [0.1, 0.15) is 28.9 Å². The first-order valence-electron chi connectivity index (χ1n) is 10.5. The van der Waals surface area contributed by atoms with Gasteiger partial charge < -0.3 is 19.5 Å². The summed E-state index contributed by atoms with van der Waals surface area (Å²) in [7, 11) is 0.375. The van der Waals surface area contributed by atoms with Crippen LogP contribution in [0.25, 0.3) is 6.08 Å². The average molecular weight is 534 g/mol. The van der Waals surface area contributed by atoms with Crippen LogP contribution < -0.4 is 19.5 Å². The molecule has 0 unspecified atom stereocenters. The topological polar surface area (TPSA) is 90.9 Å². The molecule has 36 heavy (non-hydrogen) atoms. The van der Waals surface area contributed by atoms with Crippen LogP contribution in [0.3, 0.4) is 0 Å².